The summed E-state index contributed by atoms with van der Waals surface area (Å²) in [5, 5.41) is 14.3. The maximum absolute atomic E-state index is 11.6. The molecule has 0 saturated carbocycles. The molecule has 2 aromatic rings. The fourth-order valence-corrected chi connectivity index (χ4v) is 3.39. The highest BCUT2D eigenvalue weighted by atomic mass is 35.5. The van der Waals surface area contributed by atoms with Crippen molar-refractivity contribution in [2.45, 2.75) is 38.3 Å². The number of hydrogen-bond acceptors (Lipinski definition) is 5. The first kappa shape index (κ1) is 16.8. The Hall–Kier alpha value is -2.08. The third-order valence-corrected chi connectivity index (χ3v) is 4.86. The Kier molecular flexibility index (Phi) is 5.96. The molecule has 6 heteroatoms. The average molecular weight is 407 g/mol. The van der Waals surface area contributed by atoms with Gasteiger partial charge in [0, 0.05) is 17.6 Å². The molecule has 0 saturated heterocycles. The zero-order valence-electron chi connectivity index (χ0n) is 18.8. The topological polar surface area (TPSA) is 67.8 Å². The number of aliphatic hydroxyl groups excluding tert-OH is 1. The van der Waals surface area contributed by atoms with E-state index >= 15 is 0 Å². The molecule has 2 N–H and O–H groups in total. The molecule has 5 nitrogen and oxygen atoms in total. The van der Waals surface area contributed by atoms with Gasteiger partial charge in [0.1, 0.15) is 5.75 Å². The predicted molar refractivity (Wildman–Crippen MR) is 109 cm³/mol. The van der Waals surface area contributed by atoms with Gasteiger partial charge in [-0.3, -0.25) is 0 Å². The van der Waals surface area contributed by atoms with Crippen molar-refractivity contribution in [2.75, 3.05) is 19.8 Å². The van der Waals surface area contributed by atoms with E-state index in [-0.39, 0.29) is 36.5 Å². The Labute approximate surface area is 174 Å². The summed E-state index contributed by atoms with van der Waals surface area (Å²) in [7, 11) is 0. The van der Waals surface area contributed by atoms with Gasteiger partial charge in [-0.2, -0.15) is 0 Å². The second kappa shape index (κ2) is 9.92. The number of aliphatic hydroxyl groups is 1. The lowest BCUT2D eigenvalue weighted by Crippen LogP contribution is -2.37. The van der Waals surface area contributed by atoms with E-state index in [1.807, 2.05) is 6.07 Å². The van der Waals surface area contributed by atoms with Gasteiger partial charge < -0.3 is 19.9 Å². The van der Waals surface area contributed by atoms with Crippen LogP contribution in [0.15, 0.2) is 42.4 Å². The minimum absolute atomic E-state index is 0.000625. The maximum atomic E-state index is 11.6. The first-order valence-electron chi connectivity index (χ1n) is 10.9. The molecule has 0 bridgehead atoms. The smallest absolute Gasteiger partial charge is 0.344 e. The standard InChI is InChI=1S/C22H26ClNO4/c1-2-27-22(26)14-28-20-9-7-15-6-8-19(11-17(15)12-20)24-13-21(25)16-4-3-5-18(23)10-16/h3-5,7,9-10,12,19,21,24-25H,2,6,8,11,13-14H2,1H3/t19-,21-/m0/s1/i7D,9D,12D. The maximum Gasteiger partial charge on any atom is 0.344 e. The highest BCUT2D eigenvalue weighted by Crippen LogP contribution is 2.26. The number of hydrogen-bond donors (Lipinski definition) is 2. The normalized spacial score (nSPS) is 18.4. The van der Waals surface area contributed by atoms with Gasteiger partial charge in [0.05, 0.1) is 16.8 Å². The monoisotopic (exact) mass is 406 g/mol. The molecule has 0 heterocycles. The SMILES string of the molecule is [2H]c1c([2H])c(OCC(=O)OCC)c([2H])c2c1CC[C@H](NC[C@H](O)c1cccc(Cl)c1)C2. The Bertz CT molecular complexity index is 957. The molecule has 2 aromatic carbocycles. The van der Waals surface area contributed by atoms with Gasteiger partial charge in [-0.15, -0.1) is 0 Å². The summed E-state index contributed by atoms with van der Waals surface area (Å²) in [4.78, 5) is 11.6. The zero-order valence-corrected chi connectivity index (χ0v) is 16.5. The van der Waals surface area contributed by atoms with Crippen LogP contribution in [0.3, 0.4) is 0 Å². The van der Waals surface area contributed by atoms with Gasteiger partial charge in [-0.1, -0.05) is 29.8 Å². The number of ether oxygens (including phenoxy) is 2. The van der Waals surface area contributed by atoms with E-state index in [2.05, 4.69) is 5.32 Å². The molecule has 28 heavy (non-hydrogen) atoms. The quantitative estimate of drug-likeness (QED) is 0.657. The van der Waals surface area contributed by atoms with Crippen molar-refractivity contribution in [3.63, 3.8) is 0 Å². The highest BCUT2D eigenvalue weighted by Gasteiger charge is 2.20. The summed E-state index contributed by atoms with van der Waals surface area (Å²) < 4.78 is 35.2. The number of halogens is 1. The van der Waals surface area contributed by atoms with Gasteiger partial charge in [0.2, 0.25) is 0 Å². The van der Waals surface area contributed by atoms with E-state index in [1.54, 1.807) is 25.1 Å². The number of benzene rings is 2. The molecule has 1 aliphatic carbocycles. The van der Waals surface area contributed by atoms with Crippen LogP contribution in [0.25, 0.3) is 0 Å². The number of carbonyl (C=O) groups excluding carboxylic acids is 1. The Morgan fingerprint density at radius 2 is 2.29 bits per heavy atom. The number of carbonyl (C=O) groups is 1. The van der Waals surface area contributed by atoms with Crippen LogP contribution in [0, 0.1) is 0 Å². The molecular weight excluding hydrogens is 378 g/mol. The molecule has 2 atom stereocenters. The fraction of sp³-hybridized carbons (Fsp3) is 0.409. The second-order valence-electron chi connectivity index (χ2n) is 6.67. The molecule has 0 spiro atoms. The molecule has 150 valence electrons. The van der Waals surface area contributed by atoms with E-state index < -0.39 is 18.7 Å². The minimum atomic E-state index is -0.721. The van der Waals surface area contributed by atoms with Crippen LogP contribution in [0.2, 0.25) is 5.02 Å². The Morgan fingerprint density at radius 1 is 1.43 bits per heavy atom. The molecule has 0 aliphatic heterocycles. The summed E-state index contributed by atoms with van der Waals surface area (Å²) in [6.07, 6.45) is 1.03. The third kappa shape index (κ3) is 5.71. The lowest BCUT2D eigenvalue weighted by Gasteiger charge is -2.27. The van der Waals surface area contributed by atoms with Crippen molar-refractivity contribution in [1.82, 2.24) is 5.32 Å². The number of esters is 1. The van der Waals surface area contributed by atoms with Gasteiger partial charge in [0.15, 0.2) is 6.61 Å². The van der Waals surface area contributed by atoms with E-state index in [0.29, 0.717) is 35.5 Å². The van der Waals surface area contributed by atoms with Crippen LogP contribution in [-0.4, -0.2) is 36.9 Å². The van der Waals surface area contributed by atoms with Gasteiger partial charge in [0.25, 0.3) is 0 Å². The summed E-state index contributed by atoms with van der Waals surface area (Å²) in [6, 6.07) is 6.95. The van der Waals surface area contributed by atoms with Crippen LogP contribution < -0.4 is 10.1 Å². The molecule has 0 aromatic heterocycles. The van der Waals surface area contributed by atoms with E-state index in [1.165, 1.54) is 0 Å². The molecule has 0 fully saturated rings. The van der Waals surface area contributed by atoms with Crippen molar-refractivity contribution in [3.05, 3.63) is 64.1 Å². The van der Waals surface area contributed by atoms with E-state index in [4.69, 9.17) is 25.2 Å². The van der Waals surface area contributed by atoms with Crippen molar-refractivity contribution >= 4 is 17.6 Å². The summed E-state index contributed by atoms with van der Waals surface area (Å²) >= 11 is 5.99. The predicted octanol–water partition coefficient (Wildman–Crippen LogP) is 3.46. The third-order valence-electron chi connectivity index (χ3n) is 4.62. The van der Waals surface area contributed by atoms with Crippen molar-refractivity contribution in [1.29, 1.82) is 0 Å². The number of fused-ring (bicyclic) bond motifs is 1. The van der Waals surface area contributed by atoms with Crippen molar-refractivity contribution in [2.24, 2.45) is 0 Å². The fourth-order valence-electron chi connectivity index (χ4n) is 3.20. The average Bonchev–Trinajstić information content (AvgIpc) is 2.76. The lowest BCUT2D eigenvalue weighted by atomic mass is 9.88. The number of nitrogens with one attached hydrogen (secondary N) is 1. The molecule has 1 aliphatic rings. The zero-order chi connectivity index (χ0) is 22.5. The van der Waals surface area contributed by atoms with Gasteiger partial charge in [-0.05, 0) is 67.1 Å². The van der Waals surface area contributed by atoms with Crippen molar-refractivity contribution < 1.29 is 23.5 Å². The molecule has 0 radical (unpaired) electrons. The highest BCUT2D eigenvalue weighted by molar-refractivity contribution is 6.30. The minimum Gasteiger partial charge on any atom is -0.482 e. The largest absolute Gasteiger partial charge is 0.482 e. The second-order valence-corrected chi connectivity index (χ2v) is 7.11. The first-order chi connectivity index (χ1) is 14.8. The Balaban J connectivity index is 1.71. The number of rotatable bonds is 8. The van der Waals surface area contributed by atoms with E-state index in [0.717, 1.165) is 12.0 Å². The van der Waals surface area contributed by atoms with Crippen LogP contribution in [0.4, 0.5) is 0 Å². The van der Waals surface area contributed by atoms with Crippen LogP contribution in [0.5, 0.6) is 5.75 Å². The summed E-state index contributed by atoms with van der Waals surface area (Å²) in [5.41, 5.74) is 2.03. The van der Waals surface area contributed by atoms with Gasteiger partial charge in [-0.25, -0.2) is 4.79 Å². The van der Waals surface area contributed by atoms with Gasteiger partial charge >= 0.3 is 5.97 Å². The van der Waals surface area contributed by atoms with Crippen LogP contribution in [0.1, 0.15) is 40.3 Å². The molecule has 0 unspecified atom stereocenters. The van der Waals surface area contributed by atoms with Crippen molar-refractivity contribution in [3.8, 4) is 5.75 Å². The molecule has 3 rings (SSSR count). The van der Waals surface area contributed by atoms with E-state index in [9.17, 15) is 9.90 Å². The summed E-state index contributed by atoms with van der Waals surface area (Å²) in [6.45, 7) is 1.81. The lowest BCUT2D eigenvalue weighted by molar-refractivity contribution is -0.145. The van der Waals surface area contributed by atoms with Crippen LogP contribution >= 0.6 is 11.6 Å². The summed E-state index contributed by atoms with van der Waals surface area (Å²) in [5.74, 6) is -0.656. The molecule has 0 amide bonds. The Morgan fingerprint density at radius 3 is 3.07 bits per heavy atom. The first-order valence-corrected chi connectivity index (χ1v) is 9.76. The van der Waals surface area contributed by atoms with Crippen LogP contribution in [-0.2, 0) is 22.4 Å². The molecular formula is C22H26ClNO4.